The number of aliphatic hydroxyl groups is 1. The van der Waals surface area contributed by atoms with Crippen molar-refractivity contribution in [2.45, 2.75) is 39.4 Å². The zero-order chi connectivity index (χ0) is 15.8. The Morgan fingerprint density at radius 3 is 2.67 bits per heavy atom. The quantitative estimate of drug-likeness (QED) is 0.749. The van der Waals surface area contributed by atoms with Crippen molar-refractivity contribution in [2.75, 3.05) is 18.5 Å². The van der Waals surface area contributed by atoms with E-state index in [4.69, 9.17) is 10.00 Å². The van der Waals surface area contributed by atoms with Crippen LogP contribution in [0.3, 0.4) is 0 Å². The van der Waals surface area contributed by atoms with E-state index in [1.807, 2.05) is 13.0 Å². The molecule has 0 heterocycles. The fraction of sp³-hybridized carbons (Fsp3) is 0.562. The van der Waals surface area contributed by atoms with Gasteiger partial charge in [0.15, 0.2) is 0 Å². The Bertz CT molecular complexity index is 486. The summed E-state index contributed by atoms with van der Waals surface area (Å²) in [5.74, 6) is 0.588. The third kappa shape index (κ3) is 6.94. The Morgan fingerprint density at radius 1 is 1.38 bits per heavy atom. The molecule has 2 N–H and O–H groups in total. The molecule has 21 heavy (non-hydrogen) atoms. The molecule has 0 saturated heterocycles. The van der Waals surface area contributed by atoms with E-state index in [-0.39, 0.29) is 6.10 Å². The van der Waals surface area contributed by atoms with E-state index < -0.39 is 6.10 Å². The van der Waals surface area contributed by atoms with Crippen LogP contribution in [0.5, 0.6) is 0 Å². The fourth-order valence-electron chi connectivity index (χ4n) is 2.02. The lowest BCUT2D eigenvalue weighted by atomic mass is 10.1. The van der Waals surface area contributed by atoms with Gasteiger partial charge in [0.25, 0.3) is 0 Å². The normalized spacial score (nSPS) is 13.8. The van der Waals surface area contributed by atoms with Crippen molar-refractivity contribution in [2.24, 2.45) is 5.92 Å². The molecule has 0 amide bonds. The summed E-state index contributed by atoms with van der Waals surface area (Å²) in [6.07, 6.45) is 0.574. The molecule has 2 unspecified atom stereocenters. The van der Waals surface area contributed by atoms with Crippen molar-refractivity contribution in [1.82, 2.24) is 0 Å². The van der Waals surface area contributed by atoms with Crippen LogP contribution in [-0.4, -0.2) is 30.5 Å². The molecule has 0 fully saturated rings. The van der Waals surface area contributed by atoms with Gasteiger partial charge in [-0.1, -0.05) is 13.8 Å². The summed E-state index contributed by atoms with van der Waals surface area (Å²) < 4.78 is 6.43. The summed E-state index contributed by atoms with van der Waals surface area (Å²) in [6.45, 7) is 7.05. The zero-order valence-corrected chi connectivity index (χ0v) is 14.4. The monoisotopic (exact) mass is 354 g/mol. The number of halogens is 1. The summed E-state index contributed by atoms with van der Waals surface area (Å²) in [6, 6.07) is 7.38. The Balaban J connectivity index is 2.36. The second-order valence-electron chi connectivity index (χ2n) is 5.61. The highest BCUT2D eigenvalue weighted by Gasteiger charge is 2.10. The van der Waals surface area contributed by atoms with Crippen LogP contribution in [0.25, 0.3) is 0 Å². The highest BCUT2D eigenvalue weighted by atomic mass is 79.9. The average molecular weight is 355 g/mol. The van der Waals surface area contributed by atoms with Gasteiger partial charge in [-0.3, -0.25) is 0 Å². The number of hydrogen-bond acceptors (Lipinski definition) is 4. The van der Waals surface area contributed by atoms with E-state index >= 15 is 0 Å². The predicted octanol–water partition coefficient (Wildman–Crippen LogP) is 3.54. The first-order valence-corrected chi connectivity index (χ1v) is 7.94. The minimum absolute atomic E-state index is 0.154. The van der Waals surface area contributed by atoms with Crippen LogP contribution in [-0.2, 0) is 4.74 Å². The Labute approximate surface area is 135 Å². The minimum Gasteiger partial charge on any atom is -0.389 e. The molecule has 0 aliphatic carbocycles. The number of ether oxygens (including phenoxy) is 1. The average Bonchev–Trinajstić information content (AvgIpc) is 2.43. The third-order valence-corrected chi connectivity index (χ3v) is 3.66. The Hall–Kier alpha value is -1.09. The molecule has 2 atom stereocenters. The maximum atomic E-state index is 9.93. The Morgan fingerprint density at radius 2 is 2.10 bits per heavy atom. The number of benzene rings is 1. The summed E-state index contributed by atoms with van der Waals surface area (Å²) >= 11 is 3.40. The zero-order valence-electron chi connectivity index (χ0n) is 12.8. The molecule has 0 spiro atoms. The molecule has 0 saturated carbocycles. The fourth-order valence-corrected chi connectivity index (χ4v) is 2.54. The van der Waals surface area contributed by atoms with Crippen molar-refractivity contribution in [3.63, 3.8) is 0 Å². The van der Waals surface area contributed by atoms with Gasteiger partial charge in [0.05, 0.1) is 30.4 Å². The van der Waals surface area contributed by atoms with Crippen molar-refractivity contribution >= 4 is 21.6 Å². The largest absolute Gasteiger partial charge is 0.389 e. The molecular weight excluding hydrogens is 332 g/mol. The van der Waals surface area contributed by atoms with Crippen molar-refractivity contribution in [3.8, 4) is 6.07 Å². The molecule has 4 nitrogen and oxygen atoms in total. The van der Waals surface area contributed by atoms with Crippen LogP contribution in [0, 0.1) is 17.2 Å². The lowest BCUT2D eigenvalue weighted by Crippen LogP contribution is -2.27. The van der Waals surface area contributed by atoms with Crippen molar-refractivity contribution in [3.05, 3.63) is 28.2 Å². The molecule has 116 valence electrons. The van der Waals surface area contributed by atoms with E-state index in [2.05, 4.69) is 41.2 Å². The van der Waals surface area contributed by atoms with Gasteiger partial charge in [0, 0.05) is 16.7 Å². The van der Waals surface area contributed by atoms with E-state index in [9.17, 15) is 5.11 Å². The topological polar surface area (TPSA) is 65.3 Å². The van der Waals surface area contributed by atoms with Gasteiger partial charge in [-0.25, -0.2) is 0 Å². The molecule has 1 aromatic rings. The number of nitrogens with zero attached hydrogens (tertiary/aromatic N) is 1. The van der Waals surface area contributed by atoms with E-state index in [0.29, 0.717) is 24.6 Å². The molecule has 0 bridgehead atoms. The number of aliphatic hydroxyl groups excluding tert-OH is 1. The molecular formula is C16H23BrN2O2. The van der Waals surface area contributed by atoms with Crippen LogP contribution < -0.4 is 5.32 Å². The highest BCUT2D eigenvalue weighted by molar-refractivity contribution is 9.10. The number of nitrogens with one attached hydrogen (secondary N) is 1. The van der Waals surface area contributed by atoms with Crippen molar-refractivity contribution < 1.29 is 9.84 Å². The summed E-state index contributed by atoms with van der Waals surface area (Å²) in [7, 11) is 0. The number of hydrogen-bond donors (Lipinski definition) is 2. The number of anilines is 1. The first-order chi connectivity index (χ1) is 9.92. The van der Waals surface area contributed by atoms with Crippen LogP contribution in [0.1, 0.15) is 32.8 Å². The smallest absolute Gasteiger partial charge is 0.0992 e. The maximum absolute atomic E-state index is 9.93. The SMILES string of the molecule is CC(C)CC(C)OCC(O)CNc1ccc(C#N)cc1Br. The van der Waals surface area contributed by atoms with Crippen LogP contribution in [0.15, 0.2) is 22.7 Å². The summed E-state index contributed by atoms with van der Waals surface area (Å²) in [4.78, 5) is 0. The van der Waals surface area contributed by atoms with Crippen LogP contribution >= 0.6 is 15.9 Å². The lowest BCUT2D eigenvalue weighted by Gasteiger charge is -2.19. The summed E-state index contributed by atoms with van der Waals surface area (Å²) in [5.41, 5.74) is 1.45. The second kappa shape index (κ2) is 9.04. The first-order valence-electron chi connectivity index (χ1n) is 7.15. The van der Waals surface area contributed by atoms with Gasteiger partial charge < -0.3 is 15.2 Å². The standard InChI is InChI=1S/C16H23BrN2O2/c1-11(2)6-12(3)21-10-14(20)9-19-16-5-4-13(8-18)7-15(16)17/h4-5,7,11-12,14,19-20H,6,9-10H2,1-3H3. The molecule has 0 aliphatic heterocycles. The van der Waals surface area contributed by atoms with Gasteiger partial charge in [-0.2, -0.15) is 5.26 Å². The molecule has 0 aromatic heterocycles. The summed E-state index contributed by atoms with van der Waals surface area (Å²) in [5, 5.41) is 21.9. The second-order valence-corrected chi connectivity index (χ2v) is 6.47. The van der Waals surface area contributed by atoms with Gasteiger partial charge in [-0.15, -0.1) is 0 Å². The predicted molar refractivity (Wildman–Crippen MR) is 88.2 cm³/mol. The van der Waals surface area contributed by atoms with Crippen LogP contribution in [0.2, 0.25) is 0 Å². The van der Waals surface area contributed by atoms with Gasteiger partial charge >= 0.3 is 0 Å². The third-order valence-electron chi connectivity index (χ3n) is 3.00. The molecule has 5 heteroatoms. The number of rotatable bonds is 8. The molecule has 0 aliphatic rings. The Kier molecular flexibility index (Phi) is 7.73. The lowest BCUT2D eigenvalue weighted by molar-refractivity contribution is -0.00444. The van der Waals surface area contributed by atoms with Crippen LogP contribution in [0.4, 0.5) is 5.69 Å². The number of nitriles is 1. The highest BCUT2D eigenvalue weighted by Crippen LogP contribution is 2.23. The van der Waals surface area contributed by atoms with E-state index in [0.717, 1.165) is 16.6 Å². The van der Waals surface area contributed by atoms with Gasteiger partial charge in [0.2, 0.25) is 0 Å². The van der Waals surface area contributed by atoms with E-state index in [1.54, 1.807) is 12.1 Å². The van der Waals surface area contributed by atoms with E-state index in [1.165, 1.54) is 0 Å². The minimum atomic E-state index is -0.567. The maximum Gasteiger partial charge on any atom is 0.0992 e. The first kappa shape index (κ1) is 18.0. The van der Waals surface area contributed by atoms with Gasteiger partial charge in [0.1, 0.15) is 0 Å². The van der Waals surface area contributed by atoms with Crippen molar-refractivity contribution in [1.29, 1.82) is 5.26 Å². The molecule has 1 rings (SSSR count). The van der Waals surface area contributed by atoms with Gasteiger partial charge in [-0.05, 0) is 53.4 Å². The molecule has 1 aromatic carbocycles. The molecule has 0 radical (unpaired) electrons.